The van der Waals surface area contributed by atoms with Crippen LogP contribution < -0.4 is 24.8 Å². The van der Waals surface area contributed by atoms with Crippen LogP contribution in [0.15, 0.2) is 37.1 Å². The normalized spacial score (nSPS) is 24.1. The molecule has 5 atom stereocenters. The number of pyridine rings is 1. The Morgan fingerprint density at radius 1 is 1.11 bits per heavy atom. The van der Waals surface area contributed by atoms with E-state index in [1.807, 2.05) is 0 Å². The summed E-state index contributed by atoms with van der Waals surface area (Å²) in [5.74, 6) is -2.03. The van der Waals surface area contributed by atoms with Crippen LogP contribution in [0.4, 0.5) is 4.79 Å². The van der Waals surface area contributed by atoms with E-state index >= 15 is 0 Å². The van der Waals surface area contributed by atoms with Gasteiger partial charge in [-0.25, -0.2) is 18.2 Å². The number of benzene rings is 1. The fraction of sp³-hybridized carbons (Fsp3) is 0.595. The average molecular weight is 776 g/mol. The lowest BCUT2D eigenvalue weighted by Crippen LogP contribution is -2.60. The van der Waals surface area contributed by atoms with E-state index in [0.717, 1.165) is 0 Å². The zero-order chi connectivity index (χ0) is 39.3. The molecule has 5 rings (SSSR count). The maximum atomic E-state index is 14.5. The van der Waals surface area contributed by atoms with Gasteiger partial charge in [-0.3, -0.25) is 19.1 Å². The van der Waals surface area contributed by atoms with Crippen molar-refractivity contribution in [1.29, 1.82) is 0 Å². The molecule has 2 aromatic rings. The summed E-state index contributed by atoms with van der Waals surface area (Å²) in [6.45, 7) is 15.9. The van der Waals surface area contributed by atoms with Crippen molar-refractivity contribution >= 4 is 56.2 Å². The number of alkyl carbamates (subject to hydrolysis) is 1. The quantitative estimate of drug-likeness (QED) is 0.257. The van der Waals surface area contributed by atoms with E-state index in [2.05, 4.69) is 26.9 Å². The highest BCUT2D eigenvalue weighted by molar-refractivity contribution is 7.91. The number of sulfonamides is 1. The molecule has 0 unspecified atom stereocenters. The van der Waals surface area contributed by atoms with E-state index in [0.29, 0.717) is 40.8 Å². The van der Waals surface area contributed by atoms with E-state index in [4.69, 9.17) is 25.8 Å². The summed E-state index contributed by atoms with van der Waals surface area (Å²) in [6.07, 6.45) is 2.78. The molecule has 0 spiro atoms. The smallest absolute Gasteiger partial charge is 0.408 e. The fourth-order valence-electron chi connectivity index (χ4n) is 6.86. The Morgan fingerprint density at radius 2 is 1.79 bits per heavy atom. The summed E-state index contributed by atoms with van der Waals surface area (Å²) in [6, 6.07) is 2.78. The van der Waals surface area contributed by atoms with Gasteiger partial charge < -0.3 is 29.7 Å². The Bertz CT molecular complexity index is 1920. The molecule has 2 aliphatic carbocycles. The van der Waals surface area contributed by atoms with Crippen LogP contribution in [-0.4, -0.2) is 89.8 Å². The van der Waals surface area contributed by atoms with Crippen LogP contribution in [0.5, 0.6) is 11.6 Å². The Kier molecular flexibility index (Phi) is 10.8. The van der Waals surface area contributed by atoms with Gasteiger partial charge in [0.05, 0.1) is 23.4 Å². The minimum atomic E-state index is -4.02. The third-order valence-electron chi connectivity index (χ3n) is 10.2. The molecule has 16 heteroatoms. The predicted octanol–water partition coefficient (Wildman–Crippen LogP) is 4.63. The van der Waals surface area contributed by atoms with Gasteiger partial charge in [-0.15, -0.1) is 6.58 Å². The number of ether oxygens (including phenoxy) is 3. The van der Waals surface area contributed by atoms with E-state index in [-0.39, 0.29) is 25.3 Å². The first-order valence-corrected chi connectivity index (χ1v) is 19.6. The number of methoxy groups -OCH3 is 1. The van der Waals surface area contributed by atoms with Crippen LogP contribution in [0.3, 0.4) is 0 Å². The predicted molar refractivity (Wildman–Crippen MR) is 199 cm³/mol. The maximum Gasteiger partial charge on any atom is 0.408 e. The van der Waals surface area contributed by atoms with Crippen LogP contribution in [0.2, 0.25) is 5.02 Å². The number of likely N-dealkylation sites (tertiary alicyclic amines) is 1. The van der Waals surface area contributed by atoms with Crippen molar-refractivity contribution in [1.82, 2.24) is 25.2 Å². The number of rotatable bonds is 12. The molecule has 0 radical (unpaired) electrons. The van der Waals surface area contributed by atoms with Crippen molar-refractivity contribution in [2.45, 2.75) is 115 Å². The topological polar surface area (TPSA) is 182 Å². The van der Waals surface area contributed by atoms with Gasteiger partial charge in [-0.05, 0) is 70.1 Å². The summed E-state index contributed by atoms with van der Waals surface area (Å²) in [5, 5.41) is 7.11. The van der Waals surface area contributed by atoms with Crippen LogP contribution >= 0.6 is 11.6 Å². The lowest BCUT2D eigenvalue weighted by Gasteiger charge is -2.36. The van der Waals surface area contributed by atoms with Gasteiger partial charge in [0.1, 0.15) is 35.1 Å². The monoisotopic (exact) mass is 775 g/mol. The number of carbonyl (C=O) groups excluding carboxylic acids is 4. The van der Waals surface area contributed by atoms with Crippen molar-refractivity contribution in [3.63, 3.8) is 0 Å². The Hall–Kier alpha value is -4.11. The molecule has 2 heterocycles. The first-order chi connectivity index (χ1) is 24.6. The molecule has 1 aromatic carbocycles. The van der Waals surface area contributed by atoms with Gasteiger partial charge in [-0.1, -0.05) is 45.4 Å². The Balaban J connectivity index is 1.47. The third kappa shape index (κ3) is 8.06. The number of hydrogen-bond donors (Lipinski definition) is 3. The van der Waals surface area contributed by atoms with Crippen LogP contribution in [0, 0.1) is 11.3 Å². The molecule has 1 saturated heterocycles. The summed E-state index contributed by atoms with van der Waals surface area (Å²) in [4.78, 5) is 61.3. The molecule has 290 valence electrons. The number of aromatic nitrogens is 1. The van der Waals surface area contributed by atoms with E-state index in [1.54, 1.807) is 66.7 Å². The van der Waals surface area contributed by atoms with Crippen molar-refractivity contribution in [2.24, 2.45) is 11.3 Å². The highest BCUT2D eigenvalue weighted by Crippen LogP contribution is 2.48. The lowest BCUT2D eigenvalue weighted by atomic mass is 9.85. The second kappa shape index (κ2) is 14.3. The first-order valence-electron chi connectivity index (χ1n) is 17.7. The number of fused-ring (bicyclic) bond motifs is 1. The summed E-state index contributed by atoms with van der Waals surface area (Å²) in [7, 11) is -2.52. The average Bonchev–Trinajstić information content (AvgIpc) is 3.97. The molecule has 14 nitrogen and oxygen atoms in total. The van der Waals surface area contributed by atoms with Crippen LogP contribution in [0.25, 0.3) is 10.8 Å². The highest BCUT2D eigenvalue weighted by Gasteiger charge is 2.63. The van der Waals surface area contributed by atoms with Gasteiger partial charge in [-0.2, -0.15) is 0 Å². The SMILES string of the molecule is C=C[C@@H]1C[C@]1(NC(=O)[C@@H]1C[C@@H](Oc2nccc3c(OC)c(Cl)ccc23)CN1C(=O)[C@@H](NC(=O)OC(C)(C)C)C(C)(C)C)C(=O)NS(=O)(=O)C1(CC)CC1. The minimum Gasteiger partial charge on any atom is -0.495 e. The van der Waals surface area contributed by atoms with E-state index in [9.17, 15) is 27.6 Å². The number of halogens is 1. The van der Waals surface area contributed by atoms with Crippen LogP contribution in [0.1, 0.15) is 80.6 Å². The molecule has 3 aliphatic rings. The standard InChI is InChI=1S/C37H50ClN5O9S/c1-10-21-19-37(21,32(46)42-53(48,49)36(11-2)15-16-36)41-29(44)26-18-22(51-30-24-12-13-25(38)27(50-9)23(24)14-17-39-30)20-43(26)31(45)28(34(3,4)5)40-33(47)52-35(6,7)8/h10,12-14,17,21-22,26,28H,1,11,15-16,18-20H2,2-9H3,(H,40,47)(H,41,44)(H,42,46)/t21-,22-,26+,28-,37-/m1/s1. The fourth-order valence-corrected chi connectivity index (χ4v) is 8.76. The summed E-state index contributed by atoms with van der Waals surface area (Å²) in [5.41, 5.74) is -3.26. The number of amides is 4. The van der Waals surface area contributed by atoms with Gasteiger partial charge in [0.25, 0.3) is 5.91 Å². The van der Waals surface area contributed by atoms with Crippen molar-refractivity contribution < 1.29 is 41.8 Å². The second-order valence-corrected chi connectivity index (χ2v) is 18.7. The first kappa shape index (κ1) is 40.1. The molecule has 1 aromatic heterocycles. The van der Waals surface area contributed by atoms with Gasteiger partial charge in [0, 0.05) is 29.3 Å². The van der Waals surface area contributed by atoms with Gasteiger partial charge in [0.15, 0.2) is 0 Å². The number of hydrogen-bond acceptors (Lipinski definition) is 10. The van der Waals surface area contributed by atoms with Gasteiger partial charge in [0.2, 0.25) is 27.7 Å². The number of carbonyl (C=O) groups is 4. The minimum absolute atomic E-state index is 0.0165. The molecule has 2 saturated carbocycles. The molecule has 3 N–H and O–H groups in total. The number of nitrogens with one attached hydrogen (secondary N) is 3. The highest BCUT2D eigenvalue weighted by atomic mass is 35.5. The van der Waals surface area contributed by atoms with E-state index < -0.39 is 79.2 Å². The zero-order valence-corrected chi connectivity index (χ0v) is 33.1. The molecule has 3 fully saturated rings. The second-order valence-electron chi connectivity index (χ2n) is 16.2. The summed E-state index contributed by atoms with van der Waals surface area (Å²) < 4.78 is 45.0. The Morgan fingerprint density at radius 3 is 2.34 bits per heavy atom. The van der Waals surface area contributed by atoms with Crippen LogP contribution in [-0.2, 0) is 29.1 Å². The third-order valence-corrected chi connectivity index (χ3v) is 12.8. The van der Waals surface area contributed by atoms with Gasteiger partial charge >= 0.3 is 6.09 Å². The zero-order valence-electron chi connectivity index (χ0n) is 31.5. The molecule has 4 amide bonds. The molecular weight excluding hydrogens is 726 g/mol. The van der Waals surface area contributed by atoms with Crippen molar-refractivity contribution in [3.8, 4) is 11.6 Å². The van der Waals surface area contributed by atoms with Crippen molar-refractivity contribution in [2.75, 3.05) is 13.7 Å². The van der Waals surface area contributed by atoms with Crippen molar-refractivity contribution in [3.05, 3.63) is 42.1 Å². The lowest BCUT2D eigenvalue weighted by molar-refractivity contribution is -0.143. The molecule has 0 bridgehead atoms. The number of nitrogens with zero attached hydrogens (tertiary/aromatic N) is 2. The molecule has 53 heavy (non-hydrogen) atoms. The molecular formula is C37H50ClN5O9S. The largest absolute Gasteiger partial charge is 0.495 e. The van der Waals surface area contributed by atoms with E-state index in [1.165, 1.54) is 24.3 Å². The summed E-state index contributed by atoms with van der Waals surface area (Å²) >= 11 is 6.36. The Labute approximate surface area is 315 Å². The molecule has 1 aliphatic heterocycles. The maximum absolute atomic E-state index is 14.5.